The first-order valence-corrected chi connectivity index (χ1v) is 8.19. The minimum absolute atomic E-state index is 0.159. The van der Waals surface area contributed by atoms with E-state index >= 15 is 0 Å². The molecule has 4 heteroatoms. The van der Waals surface area contributed by atoms with Gasteiger partial charge in [-0.2, -0.15) is 0 Å². The van der Waals surface area contributed by atoms with Gasteiger partial charge in [0.05, 0.1) is 5.56 Å². The lowest BCUT2D eigenvalue weighted by Crippen LogP contribution is -2.45. The van der Waals surface area contributed by atoms with Crippen LogP contribution in [0, 0.1) is 17.7 Å². The Bertz CT molecular complexity index is 519. The Balaban J connectivity index is 1.76. The number of nitrogens with zero attached hydrogens (tertiary/aromatic N) is 1. The molecule has 0 N–H and O–H groups in total. The van der Waals surface area contributed by atoms with E-state index in [0.717, 1.165) is 29.9 Å². The molecule has 2 fully saturated rings. The van der Waals surface area contributed by atoms with E-state index < -0.39 is 5.82 Å². The molecule has 2 atom stereocenters. The summed E-state index contributed by atoms with van der Waals surface area (Å²) in [5.41, 5.74) is 0.189. The first-order valence-electron chi connectivity index (χ1n) is 7.39. The molecule has 1 aliphatic carbocycles. The average Bonchev–Trinajstić information content (AvgIpc) is 2.48. The summed E-state index contributed by atoms with van der Waals surface area (Å²) in [6, 6.07) is 4.56. The van der Waals surface area contributed by atoms with Crippen molar-refractivity contribution in [3.8, 4) is 0 Å². The predicted molar refractivity (Wildman–Crippen MR) is 80.1 cm³/mol. The fourth-order valence-corrected chi connectivity index (χ4v) is 3.98. The Morgan fingerprint density at radius 2 is 1.95 bits per heavy atom. The van der Waals surface area contributed by atoms with Gasteiger partial charge < -0.3 is 4.90 Å². The fraction of sp³-hybridized carbons (Fsp3) is 0.562. The molecule has 1 saturated carbocycles. The van der Waals surface area contributed by atoms with E-state index in [1.807, 2.05) is 4.90 Å². The zero-order chi connectivity index (χ0) is 14.1. The summed E-state index contributed by atoms with van der Waals surface area (Å²) in [5.74, 6) is 0.814. The number of halogens is 2. The number of fused-ring (bicyclic) bond motifs is 1. The van der Waals surface area contributed by atoms with E-state index in [9.17, 15) is 9.18 Å². The molecular formula is C16H19BrFNO. The third-order valence-corrected chi connectivity index (χ3v) is 5.23. The van der Waals surface area contributed by atoms with Gasteiger partial charge in [-0.25, -0.2) is 4.39 Å². The van der Waals surface area contributed by atoms with Gasteiger partial charge in [0.1, 0.15) is 5.82 Å². The van der Waals surface area contributed by atoms with Crippen LogP contribution < -0.4 is 0 Å². The van der Waals surface area contributed by atoms with Gasteiger partial charge in [-0.15, -0.1) is 0 Å². The Morgan fingerprint density at radius 1 is 1.20 bits per heavy atom. The molecule has 1 aromatic carbocycles. The van der Waals surface area contributed by atoms with Crippen LogP contribution in [0.1, 0.15) is 42.5 Å². The number of carbonyl (C=O) groups is 1. The Labute approximate surface area is 127 Å². The molecule has 20 heavy (non-hydrogen) atoms. The summed E-state index contributed by atoms with van der Waals surface area (Å²) >= 11 is 3.31. The van der Waals surface area contributed by atoms with Gasteiger partial charge in [0.15, 0.2) is 0 Å². The summed E-state index contributed by atoms with van der Waals surface area (Å²) < 4.78 is 14.6. The molecule has 2 aliphatic rings. The summed E-state index contributed by atoms with van der Waals surface area (Å²) in [6.07, 6.45) is 6.20. The summed E-state index contributed by atoms with van der Waals surface area (Å²) in [6.45, 7) is 1.57. The third-order valence-electron chi connectivity index (χ3n) is 4.74. The van der Waals surface area contributed by atoms with Gasteiger partial charge in [0, 0.05) is 17.6 Å². The SMILES string of the molecule is O=C(c1cc(Br)ccc1F)N1CCC2CCCCC2C1. The minimum atomic E-state index is -0.427. The van der Waals surface area contributed by atoms with Crippen molar-refractivity contribution >= 4 is 21.8 Å². The summed E-state index contributed by atoms with van der Waals surface area (Å²) in [4.78, 5) is 14.4. The highest BCUT2D eigenvalue weighted by Crippen LogP contribution is 2.36. The quantitative estimate of drug-likeness (QED) is 0.749. The standard InChI is InChI=1S/C16H19BrFNO/c17-13-5-6-15(18)14(9-13)16(20)19-8-7-11-3-1-2-4-12(11)10-19/h5-6,9,11-12H,1-4,7-8,10H2. The van der Waals surface area contributed by atoms with Gasteiger partial charge in [0.2, 0.25) is 0 Å². The second kappa shape index (κ2) is 5.84. The number of amides is 1. The van der Waals surface area contributed by atoms with Crippen molar-refractivity contribution < 1.29 is 9.18 Å². The molecule has 1 amide bonds. The van der Waals surface area contributed by atoms with Crippen molar-refractivity contribution in [2.75, 3.05) is 13.1 Å². The smallest absolute Gasteiger partial charge is 0.256 e. The van der Waals surface area contributed by atoms with Gasteiger partial charge in [-0.1, -0.05) is 35.2 Å². The second-order valence-corrected chi connectivity index (χ2v) is 6.88. The van der Waals surface area contributed by atoms with Crippen LogP contribution in [-0.4, -0.2) is 23.9 Å². The Morgan fingerprint density at radius 3 is 2.75 bits per heavy atom. The lowest BCUT2D eigenvalue weighted by Gasteiger charge is -2.41. The van der Waals surface area contributed by atoms with Crippen LogP contribution in [0.25, 0.3) is 0 Å². The summed E-state index contributed by atoms with van der Waals surface area (Å²) in [7, 11) is 0. The highest BCUT2D eigenvalue weighted by atomic mass is 79.9. The van der Waals surface area contributed by atoms with Crippen LogP contribution in [-0.2, 0) is 0 Å². The number of carbonyl (C=O) groups excluding carboxylic acids is 1. The molecule has 1 saturated heterocycles. The number of hydrogen-bond donors (Lipinski definition) is 0. The fourth-order valence-electron chi connectivity index (χ4n) is 3.62. The molecule has 1 heterocycles. The molecule has 1 aliphatic heterocycles. The molecule has 0 aromatic heterocycles. The van der Waals surface area contributed by atoms with Crippen molar-refractivity contribution in [1.82, 2.24) is 4.90 Å². The molecular weight excluding hydrogens is 321 g/mol. The molecule has 0 spiro atoms. The zero-order valence-electron chi connectivity index (χ0n) is 11.4. The van der Waals surface area contributed by atoms with Crippen molar-refractivity contribution in [1.29, 1.82) is 0 Å². The Hall–Kier alpha value is -0.900. The van der Waals surface area contributed by atoms with Gasteiger partial charge in [-0.3, -0.25) is 4.79 Å². The normalized spacial score (nSPS) is 26.2. The second-order valence-electron chi connectivity index (χ2n) is 5.97. The number of piperidine rings is 1. The van der Waals surface area contributed by atoms with E-state index in [-0.39, 0.29) is 11.5 Å². The van der Waals surface area contributed by atoms with Crippen LogP contribution in [0.2, 0.25) is 0 Å². The van der Waals surface area contributed by atoms with Crippen molar-refractivity contribution in [3.05, 3.63) is 34.1 Å². The van der Waals surface area contributed by atoms with Crippen molar-refractivity contribution in [2.45, 2.75) is 32.1 Å². The average molecular weight is 340 g/mol. The van der Waals surface area contributed by atoms with Gasteiger partial charge >= 0.3 is 0 Å². The lowest BCUT2D eigenvalue weighted by molar-refractivity contribution is 0.0516. The maximum atomic E-state index is 13.8. The molecule has 108 valence electrons. The van der Waals surface area contributed by atoms with Gasteiger partial charge in [0.25, 0.3) is 5.91 Å². The number of hydrogen-bond acceptors (Lipinski definition) is 1. The predicted octanol–water partition coefficient (Wildman–Crippen LogP) is 4.24. The Kier molecular flexibility index (Phi) is 4.11. The molecule has 0 bridgehead atoms. The number of likely N-dealkylation sites (tertiary alicyclic amines) is 1. The molecule has 1 aromatic rings. The monoisotopic (exact) mass is 339 g/mol. The first-order chi connectivity index (χ1) is 9.65. The number of benzene rings is 1. The maximum absolute atomic E-state index is 13.8. The van der Waals surface area contributed by atoms with E-state index in [1.165, 1.54) is 31.7 Å². The highest BCUT2D eigenvalue weighted by Gasteiger charge is 2.33. The van der Waals surface area contributed by atoms with Crippen molar-refractivity contribution in [2.24, 2.45) is 11.8 Å². The highest BCUT2D eigenvalue weighted by molar-refractivity contribution is 9.10. The maximum Gasteiger partial charge on any atom is 0.256 e. The van der Waals surface area contributed by atoms with E-state index in [2.05, 4.69) is 15.9 Å². The lowest BCUT2D eigenvalue weighted by atomic mass is 9.75. The topological polar surface area (TPSA) is 20.3 Å². The zero-order valence-corrected chi connectivity index (χ0v) is 13.0. The van der Waals surface area contributed by atoms with Crippen LogP contribution in [0.15, 0.2) is 22.7 Å². The molecule has 2 unspecified atom stereocenters. The van der Waals surface area contributed by atoms with Crippen LogP contribution >= 0.6 is 15.9 Å². The first kappa shape index (κ1) is 14.1. The van der Waals surface area contributed by atoms with Crippen LogP contribution in [0.5, 0.6) is 0 Å². The van der Waals surface area contributed by atoms with E-state index in [0.29, 0.717) is 5.92 Å². The molecule has 0 radical (unpaired) electrons. The van der Waals surface area contributed by atoms with Crippen LogP contribution in [0.4, 0.5) is 4.39 Å². The molecule has 3 rings (SSSR count). The minimum Gasteiger partial charge on any atom is -0.338 e. The largest absolute Gasteiger partial charge is 0.338 e. The van der Waals surface area contributed by atoms with Crippen molar-refractivity contribution in [3.63, 3.8) is 0 Å². The van der Waals surface area contributed by atoms with E-state index in [1.54, 1.807) is 12.1 Å². The molecule has 2 nitrogen and oxygen atoms in total. The number of rotatable bonds is 1. The van der Waals surface area contributed by atoms with Gasteiger partial charge in [-0.05, 0) is 42.9 Å². The van der Waals surface area contributed by atoms with Crippen LogP contribution in [0.3, 0.4) is 0 Å². The summed E-state index contributed by atoms with van der Waals surface area (Å²) in [5, 5.41) is 0. The third kappa shape index (κ3) is 2.76. The van der Waals surface area contributed by atoms with E-state index in [4.69, 9.17) is 0 Å².